The van der Waals surface area contributed by atoms with Crippen LogP contribution < -0.4 is 10.6 Å². The predicted octanol–water partition coefficient (Wildman–Crippen LogP) is 2.46. The second-order valence-corrected chi connectivity index (χ2v) is 5.81. The van der Waals surface area contributed by atoms with Crippen molar-refractivity contribution in [3.63, 3.8) is 0 Å². The molecule has 1 aromatic heterocycles. The number of hydrogen-bond donors (Lipinski definition) is 2. The van der Waals surface area contributed by atoms with E-state index in [4.69, 9.17) is 11.6 Å². The molecule has 2 N–H and O–H groups in total. The summed E-state index contributed by atoms with van der Waals surface area (Å²) >= 11 is 5.86. The van der Waals surface area contributed by atoms with Crippen LogP contribution in [0.15, 0.2) is 30.6 Å². The average molecular weight is 322 g/mol. The summed E-state index contributed by atoms with van der Waals surface area (Å²) in [7, 11) is 1.84. The lowest BCUT2D eigenvalue weighted by molar-refractivity contribution is 0.234. The lowest BCUT2D eigenvalue weighted by atomic mass is 10.1. The zero-order chi connectivity index (χ0) is 16.1. The molecule has 0 fully saturated rings. The second kappa shape index (κ2) is 7.26. The van der Waals surface area contributed by atoms with Gasteiger partial charge in [0.15, 0.2) is 5.82 Å². The molecule has 6 nitrogen and oxygen atoms in total. The molecule has 0 radical (unpaired) electrons. The normalized spacial score (nSPS) is 13.5. The number of nitrogens with zero attached hydrogens (tertiary/aromatic N) is 3. The van der Waals surface area contributed by atoms with E-state index in [0.29, 0.717) is 10.8 Å². The quantitative estimate of drug-likeness (QED) is 0.888. The molecule has 118 valence electrons. The Labute approximate surface area is 134 Å². The van der Waals surface area contributed by atoms with Crippen LogP contribution in [0.2, 0.25) is 5.02 Å². The molecule has 7 heteroatoms. The molecule has 0 saturated carbocycles. The van der Waals surface area contributed by atoms with Gasteiger partial charge >= 0.3 is 6.03 Å². The first-order valence-electron chi connectivity index (χ1n) is 7.11. The maximum Gasteiger partial charge on any atom is 0.315 e. The van der Waals surface area contributed by atoms with Gasteiger partial charge in [-0.25, -0.2) is 4.79 Å². The van der Waals surface area contributed by atoms with Crippen molar-refractivity contribution in [2.45, 2.75) is 32.4 Å². The number of nitrogens with one attached hydrogen (secondary N) is 2. The van der Waals surface area contributed by atoms with Gasteiger partial charge in [0.05, 0.1) is 6.04 Å². The summed E-state index contributed by atoms with van der Waals surface area (Å²) in [5, 5.41) is 14.3. The van der Waals surface area contributed by atoms with E-state index in [9.17, 15) is 4.79 Å². The molecule has 2 amide bonds. The molecule has 2 atom stereocenters. The van der Waals surface area contributed by atoms with E-state index in [1.165, 1.54) is 0 Å². The topological polar surface area (TPSA) is 71.8 Å². The van der Waals surface area contributed by atoms with E-state index in [1.54, 1.807) is 10.9 Å². The van der Waals surface area contributed by atoms with Gasteiger partial charge in [-0.15, -0.1) is 10.2 Å². The molecule has 0 aliphatic rings. The van der Waals surface area contributed by atoms with Gasteiger partial charge in [-0.2, -0.15) is 0 Å². The highest BCUT2D eigenvalue weighted by atomic mass is 35.5. The summed E-state index contributed by atoms with van der Waals surface area (Å²) in [6.07, 6.45) is 2.34. The van der Waals surface area contributed by atoms with E-state index in [2.05, 4.69) is 20.8 Å². The summed E-state index contributed by atoms with van der Waals surface area (Å²) in [5.41, 5.74) is 1.12. The largest absolute Gasteiger partial charge is 0.335 e. The number of carbonyl (C=O) groups is 1. The Morgan fingerprint density at radius 2 is 1.95 bits per heavy atom. The number of aromatic nitrogens is 3. The minimum atomic E-state index is -0.225. The Hall–Kier alpha value is -2.08. The molecule has 22 heavy (non-hydrogen) atoms. The Kier molecular flexibility index (Phi) is 5.38. The van der Waals surface area contributed by atoms with Crippen molar-refractivity contribution in [2.24, 2.45) is 7.05 Å². The minimum absolute atomic E-state index is 0.00729. The molecule has 2 aromatic rings. The molecular formula is C15H20ClN5O. The number of halogens is 1. The Morgan fingerprint density at radius 3 is 2.55 bits per heavy atom. The second-order valence-electron chi connectivity index (χ2n) is 5.37. The SMILES string of the molecule is CC(Cc1ccc(Cl)cc1)NC(=O)NC(C)c1nncn1C. The van der Waals surface area contributed by atoms with Gasteiger partial charge in [-0.3, -0.25) is 0 Å². The first-order valence-corrected chi connectivity index (χ1v) is 7.49. The van der Waals surface area contributed by atoms with Gasteiger partial charge in [0.1, 0.15) is 6.33 Å². The van der Waals surface area contributed by atoms with E-state index in [1.807, 2.05) is 45.2 Å². The van der Waals surface area contributed by atoms with Gasteiger partial charge in [0.25, 0.3) is 0 Å². The van der Waals surface area contributed by atoms with Crippen molar-refractivity contribution in [1.82, 2.24) is 25.4 Å². The number of benzene rings is 1. The van der Waals surface area contributed by atoms with Crippen LogP contribution in [-0.2, 0) is 13.5 Å². The Morgan fingerprint density at radius 1 is 1.27 bits per heavy atom. The standard InChI is InChI=1S/C15H20ClN5O/c1-10(8-12-4-6-13(16)7-5-12)18-15(22)19-11(2)14-20-17-9-21(14)3/h4-7,9-11H,8H2,1-3H3,(H2,18,19,22). The van der Waals surface area contributed by atoms with E-state index >= 15 is 0 Å². The van der Waals surface area contributed by atoms with Gasteiger partial charge < -0.3 is 15.2 Å². The molecular weight excluding hydrogens is 302 g/mol. The van der Waals surface area contributed by atoms with Crippen molar-refractivity contribution >= 4 is 17.6 Å². The lowest BCUT2D eigenvalue weighted by Gasteiger charge is -2.18. The number of carbonyl (C=O) groups excluding carboxylic acids is 1. The van der Waals surface area contributed by atoms with Crippen molar-refractivity contribution in [3.8, 4) is 0 Å². The highest BCUT2D eigenvalue weighted by Crippen LogP contribution is 2.11. The van der Waals surface area contributed by atoms with Crippen LogP contribution in [0.25, 0.3) is 0 Å². The van der Waals surface area contributed by atoms with Crippen LogP contribution in [0.5, 0.6) is 0 Å². The van der Waals surface area contributed by atoms with E-state index in [-0.39, 0.29) is 18.1 Å². The smallest absolute Gasteiger partial charge is 0.315 e. The molecule has 0 saturated heterocycles. The predicted molar refractivity (Wildman–Crippen MR) is 85.7 cm³/mol. The lowest BCUT2D eigenvalue weighted by Crippen LogP contribution is -2.43. The first-order chi connectivity index (χ1) is 10.5. The molecule has 0 spiro atoms. The summed E-state index contributed by atoms with van der Waals surface area (Å²) < 4.78 is 1.78. The molecule has 0 bridgehead atoms. The zero-order valence-electron chi connectivity index (χ0n) is 12.9. The Bertz CT molecular complexity index is 625. The fourth-order valence-electron chi connectivity index (χ4n) is 2.24. The van der Waals surface area contributed by atoms with Gasteiger partial charge in [0.2, 0.25) is 0 Å². The number of hydrogen-bond acceptors (Lipinski definition) is 3. The monoisotopic (exact) mass is 321 g/mol. The van der Waals surface area contributed by atoms with Crippen LogP contribution in [0, 0.1) is 0 Å². The fourth-order valence-corrected chi connectivity index (χ4v) is 2.36. The molecule has 1 heterocycles. The Balaban J connectivity index is 1.83. The third-order valence-electron chi connectivity index (χ3n) is 3.31. The van der Waals surface area contributed by atoms with Gasteiger partial charge in [-0.05, 0) is 38.0 Å². The van der Waals surface area contributed by atoms with Crippen molar-refractivity contribution < 1.29 is 4.79 Å². The molecule has 2 unspecified atom stereocenters. The van der Waals surface area contributed by atoms with Crippen molar-refractivity contribution in [3.05, 3.63) is 47.0 Å². The van der Waals surface area contributed by atoms with Gasteiger partial charge in [-0.1, -0.05) is 23.7 Å². The maximum atomic E-state index is 12.0. The number of urea groups is 1. The number of amides is 2. The summed E-state index contributed by atoms with van der Waals surface area (Å²) in [5.74, 6) is 0.709. The van der Waals surface area contributed by atoms with E-state index < -0.39 is 0 Å². The molecule has 2 rings (SSSR count). The van der Waals surface area contributed by atoms with Crippen LogP contribution >= 0.6 is 11.6 Å². The highest BCUT2D eigenvalue weighted by molar-refractivity contribution is 6.30. The summed E-state index contributed by atoms with van der Waals surface area (Å²) in [6.45, 7) is 3.83. The van der Waals surface area contributed by atoms with Crippen LogP contribution in [0.3, 0.4) is 0 Å². The molecule has 1 aromatic carbocycles. The number of rotatable bonds is 5. The van der Waals surface area contributed by atoms with Crippen molar-refractivity contribution in [1.29, 1.82) is 0 Å². The third-order valence-corrected chi connectivity index (χ3v) is 3.57. The summed E-state index contributed by atoms with van der Waals surface area (Å²) in [6, 6.07) is 7.18. The first kappa shape index (κ1) is 16.3. The number of aryl methyl sites for hydroxylation is 1. The zero-order valence-corrected chi connectivity index (χ0v) is 13.6. The van der Waals surface area contributed by atoms with E-state index in [0.717, 1.165) is 12.0 Å². The molecule has 0 aliphatic carbocycles. The van der Waals surface area contributed by atoms with Crippen LogP contribution in [0.1, 0.15) is 31.3 Å². The maximum absolute atomic E-state index is 12.0. The van der Waals surface area contributed by atoms with Crippen molar-refractivity contribution in [2.75, 3.05) is 0 Å². The fraction of sp³-hybridized carbons (Fsp3) is 0.400. The van der Waals surface area contributed by atoms with Gasteiger partial charge in [0, 0.05) is 18.1 Å². The average Bonchev–Trinajstić information content (AvgIpc) is 2.87. The third kappa shape index (κ3) is 4.46. The summed E-state index contributed by atoms with van der Waals surface area (Å²) in [4.78, 5) is 12.0. The molecule has 0 aliphatic heterocycles. The van der Waals surface area contributed by atoms with Crippen LogP contribution in [-0.4, -0.2) is 26.8 Å². The van der Waals surface area contributed by atoms with Crippen LogP contribution in [0.4, 0.5) is 4.79 Å². The minimum Gasteiger partial charge on any atom is -0.335 e. The highest BCUT2D eigenvalue weighted by Gasteiger charge is 2.15.